The van der Waals surface area contributed by atoms with E-state index in [9.17, 15) is 5.11 Å². The van der Waals surface area contributed by atoms with Crippen LogP contribution in [-0.2, 0) is 6.42 Å². The van der Waals surface area contributed by atoms with Gasteiger partial charge in [0.05, 0.1) is 9.49 Å². The third-order valence-electron chi connectivity index (χ3n) is 3.16. The van der Waals surface area contributed by atoms with Crippen molar-refractivity contribution in [1.29, 1.82) is 0 Å². The van der Waals surface area contributed by atoms with Crippen molar-refractivity contribution in [3.8, 4) is 5.75 Å². The summed E-state index contributed by atoms with van der Waals surface area (Å²) < 4.78 is 6.93. The molecule has 1 unspecified atom stereocenters. The molecule has 1 atom stereocenters. The van der Waals surface area contributed by atoms with Crippen LogP contribution in [-0.4, -0.2) is 11.7 Å². The standard InChI is InChI=1S/C14H13IO2S/c15-12-7-10(8-18-12)13(16)11-5-1-3-9-4-2-6-17-14(9)11/h1,3,5,7-8,13,16H,2,4,6H2. The fourth-order valence-electron chi connectivity index (χ4n) is 2.28. The van der Waals surface area contributed by atoms with Gasteiger partial charge >= 0.3 is 0 Å². The highest BCUT2D eigenvalue weighted by molar-refractivity contribution is 14.1. The second-order valence-corrected chi connectivity index (χ2v) is 7.18. The number of hydrogen-bond acceptors (Lipinski definition) is 3. The van der Waals surface area contributed by atoms with Crippen molar-refractivity contribution in [3.05, 3.63) is 49.2 Å². The molecule has 0 spiro atoms. The average molecular weight is 372 g/mol. The van der Waals surface area contributed by atoms with Gasteiger partial charge in [-0.3, -0.25) is 0 Å². The van der Waals surface area contributed by atoms with Gasteiger partial charge in [0.2, 0.25) is 0 Å². The molecule has 1 aliphatic rings. The van der Waals surface area contributed by atoms with E-state index in [2.05, 4.69) is 28.7 Å². The molecule has 0 saturated heterocycles. The Morgan fingerprint density at radius 1 is 1.39 bits per heavy atom. The first-order valence-electron chi connectivity index (χ1n) is 5.92. The van der Waals surface area contributed by atoms with Crippen molar-refractivity contribution in [2.24, 2.45) is 0 Å². The number of fused-ring (bicyclic) bond motifs is 1. The zero-order chi connectivity index (χ0) is 12.5. The molecule has 1 N–H and O–H groups in total. The number of halogens is 1. The number of aliphatic hydroxyl groups excluding tert-OH is 1. The monoisotopic (exact) mass is 372 g/mol. The molecule has 0 radical (unpaired) electrons. The Labute approximate surface area is 124 Å². The molecule has 0 amide bonds. The first-order chi connectivity index (χ1) is 8.75. The molecule has 1 aliphatic heterocycles. The van der Waals surface area contributed by atoms with Crippen LogP contribution in [0.3, 0.4) is 0 Å². The zero-order valence-electron chi connectivity index (χ0n) is 9.73. The summed E-state index contributed by atoms with van der Waals surface area (Å²) >= 11 is 3.92. The normalized spacial score (nSPS) is 15.9. The Morgan fingerprint density at radius 2 is 2.28 bits per heavy atom. The molecule has 3 rings (SSSR count). The topological polar surface area (TPSA) is 29.5 Å². The molecular weight excluding hydrogens is 359 g/mol. The van der Waals surface area contributed by atoms with E-state index in [0.29, 0.717) is 0 Å². The van der Waals surface area contributed by atoms with Gasteiger partial charge < -0.3 is 9.84 Å². The van der Waals surface area contributed by atoms with Gasteiger partial charge in [-0.2, -0.15) is 0 Å². The van der Waals surface area contributed by atoms with E-state index in [-0.39, 0.29) is 0 Å². The van der Waals surface area contributed by atoms with Gasteiger partial charge in [0, 0.05) is 5.56 Å². The number of aliphatic hydroxyl groups is 1. The minimum absolute atomic E-state index is 0.585. The Balaban J connectivity index is 2.01. The van der Waals surface area contributed by atoms with Gasteiger partial charge in [-0.1, -0.05) is 18.2 Å². The van der Waals surface area contributed by atoms with Crippen LogP contribution < -0.4 is 4.74 Å². The number of rotatable bonds is 2. The first-order valence-corrected chi connectivity index (χ1v) is 7.88. The van der Waals surface area contributed by atoms with Gasteiger partial charge in [-0.25, -0.2) is 0 Å². The Kier molecular flexibility index (Phi) is 3.59. The van der Waals surface area contributed by atoms with E-state index in [0.717, 1.165) is 36.3 Å². The lowest BCUT2D eigenvalue weighted by molar-refractivity contribution is 0.207. The lowest BCUT2D eigenvalue weighted by Crippen LogP contribution is -2.12. The maximum atomic E-state index is 10.5. The van der Waals surface area contributed by atoms with Gasteiger partial charge in [0.1, 0.15) is 11.9 Å². The third-order valence-corrected chi connectivity index (χ3v) is 4.97. The van der Waals surface area contributed by atoms with Gasteiger partial charge in [0.25, 0.3) is 0 Å². The van der Waals surface area contributed by atoms with Crippen LogP contribution in [0.15, 0.2) is 29.6 Å². The SMILES string of the molecule is OC(c1csc(I)c1)c1cccc2c1OCCC2. The fraction of sp³-hybridized carbons (Fsp3) is 0.286. The highest BCUT2D eigenvalue weighted by atomic mass is 127. The van der Waals surface area contributed by atoms with E-state index in [1.807, 2.05) is 23.6 Å². The van der Waals surface area contributed by atoms with E-state index < -0.39 is 6.10 Å². The maximum Gasteiger partial charge on any atom is 0.128 e. The number of para-hydroxylation sites is 1. The number of benzene rings is 1. The highest BCUT2D eigenvalue weighted by Crippen LogP contribution is 2.36. The smallest absolute Gasteiger partial charge is 0.128 e. The molecule has 2 aromatic rings. The third kappa shape index (κ3) is 2.29. The lowest BCUT2D eigenvalue weighted by Gasteiger charge is -2.22. The van der Waals surface area contributed by atoms with Crippen LogP contribution in [0.5, 0.6) is 5.75 Å². The van der Waals surface area contributed by atoms with Gasteiger partial charge in [0.15, 0.2) is 0 Å². The van der Waals surface area contributed by atoms with Crippen molar-refractivity contribution in [2.45, 2.75) is 18.9 Å². The summed E-state index contributed by atoms with van der Waals surface area (Å²) in [4.78, 5) is 0. The second kappa shape index (κ2) is 5.19. The van der Waals surface area contributed by atoms with Crippen molar-refractivity contribution >= 4 is 33.9 Å². The molecular formula is C14H13IO2S. The molecule has 0 bridgehead atoms. The molecule has 18 heavy (non-hydrogen) atoms. The van der Waals surface area contributed by atoms with Crippen molar-refractivity contribution in [1.82, 2.24) is 0 Å². The van der Waals surface area contributed by atoms with E-state index in [1.165, 1.54) is 8.45 Å². The second-order valence-electron chi connectivity index (χ2n) is 4.37. The summed E-state index contributed by atoms with van der Waals surface area (Å²) in [5.74, 6) is 0.887. The van der Waals surface area contributed by atoms with Crippen LogP contribution >= 0.6 is 33.9 Å². The van der Waals surface area contributed by atoms with E-state index in [1.54, 1.807) is 11.3 Å². The van der Waals surface area contributed by atoms with E-state index >= 15 is 0 Å². The quantitative estimate of drug-likeness (QED) is 0.814. The van der Waals surface area contributed by atoms with Crippen molar-refractivity contribution in [2.75, 3.05) is 6.61 Å². The number of aryl methyl sites for hydroxylation is 1. The molecule has 1 aromatic carbocycles. The lowest BCUT2D eigenvalue weighted by atomic mass is 9.97. The van der Waals surface area contributed by atoms with Gasteiger partial charge in [-0.05, 0) is 58.0 Å². The fourth-order valence-corrected chi connectivity index (χ4v) is 3.67. The summed E-state index contributed by atoms with van der Waals surface area (Å²) in [6, 6.07) is 8.07. The largest absolute Gasteiger partial charge is 0.493 e. The minimum Gasteiger partial charge on any atom is -0.493 e. The maximum absolute atomic E-state index is 10.5. The van der Waals surface area contributed by atoms with Crippen molar-refractivity contribution < 1.29 is 9.84 Å². The predicted molar refractivity (Wildman–Crippen MR) is 81.4 cm³/mol. The first kappa shape index (κ1) is 12.4. The molecule has 1 aromatic heterocycles. The van der Waals surface area contributed by atoms with E-state index in [4.69, 9.17) is 4.74 Å². The van der Waals surface area contributed by atoms with Gasteiger partial charge in [-0.15, -0.1) is 11.3 Å². The highest BCUT2D eigenvalue weighted by Gasteiger charge is 2.21. The molecule has 0 saturated carbocycles. The summed E-state index contributed by atoms with van der Waals surface area (Å²) in [6.45, 7) is 0.748. The number of ether oxygens (including phenoxy) is 1. The van der Waals surface area contributed by atoms with Crippen LogP contribution in [0.4, 0.5) is 0 Å². The zero-order valence-corrected chi connectivity index (χ0v) is 12.7. The van der Waals surface area contributed by atoms with Crippen LogP contribution in [0.25, 0.3) is 0 Å². The predicted octanol–water partition coefficient (Wildman–Crippen LogP) is 3.76. The Bertz CT molecular complexity index is 565. The summed E-state index contributed by atoms with van der Waals surface area (Å²) in [5.41, 5.74) is 3.05. The summed E-state index contributed by atoms with van der Waals surface area (Å²) in [5, 5.41) is 12.5. The molecule has 0 aliphatic carbocycles. The van der Waals surface area contributed by atoms with Crippen LogP contribution in [0, 0.1) is 2.88 Å². The van der Waals surface area contributed by atoms with Crippen molar-refractivity contribution in [3.63, 3.8) is 0 Å². The van der Waals surface area contributed by atoms with Crippen LogP contribution in [0.1, 0.15) is 29.2 Å². The number of hydrogen-bond donors (Lipinski definition) is 1. The Morgan fingerprint density at radius 3 is 3.06 bits per heavy atom. The molecule has 2 nitrogen and oxygen atoms in total. The Hall–Kier alpha value is -0.590. The molecule has 4 heteroatoms. The summed E-state index contributed by atoms with van der Waals surface area (Å²) in [7, 11) is 0. The molecule has 2 heterocycles. The minimum atomic E-state index is -0.585. The molecule has 94 valence electrons. The molecule has 0 fully saturated rings. The average Bonchev–Trinajstić information content (AvgIpc) is 2.84. The van der Waals surface area contributed by atoms with Crippen LogP contribution in [0.2, 0.25) is 0 Å². The summed E-state index contributed by atoms with van der Waals surface area (Å²) in [6.07, 6.45) is 1.51. The number of thiophene rings is 1.